The van der Waals surface area contributed by atoms with Gasteiger partial charge in [-0.15, -0.1) is 0 Å². The SMILES string of the molecule is CC(N)Cc1cccc(Cl)c1N(C)Cc1ccoc1. The van der Waals surface area contributed by atoms with Crippen LogP contribution in [0.1, 0.15) is 18.1 Å². The van der Waals surface area contributed by atoms with Crippen molar-refractivity contribution in [3.8, 4) is 0 Å². The number of hydrogen-bond donors (Lipinski definition) is 1. The van der Waals surface area contributed by atoms with Crippen LogP contribution in [0.3, 0.4) is 0 Å². The number of benzene rings is 1. The fraction of sp³-hybridized carbons (Fsp3) is 0.333. The topological polar surface area (TPSA) is 42.4 Å². The fourth-order valence-corrected chi connectivity index (χ4v) is 2.57. The molecule has 102 valence electrons. The summed E-state index contributed by atoms with van der Waals surface area (Å²) in [6, 6.07) is 8.03. The van der Waals surface area contributed by atoms with Crippen molar-refractivity contribution >= 4 is 17.3 Å². The van der Waals surface area contributed by atoms with E-state index < -0.39 is 0 Å². The molecule has 0 saturated heterocycles. The minimum absolute atomic E-state index is 0.111. The third-order valence-corrected chi connectivity index (χ3v) is 3.30. The predicted octanol–water partition coefficient (Wildman–Crippen LogP) is 3.46. The quantitative estimate of drug-likeness (QED) is 0.911. The minimum Gasteiger partial charge on any atom is -0.472 e. The summed E-state index contributed by atoms with van der Waals surface area (Å²) in [6.07, 6.45) is 4.24. The van der Waals surface area contributed by atoms with Gasteiger partial charge in [-0.25, -0.2) is 0 Å². The highest BCUT2D eigenvalue weighted by molar-refractivity contribution is 6.33. The summed E-state index contributed by atoms with van der Waals surface area (Å²) in [4.78, 5) is 2.13. The van der Waals surface area contributed by atoms with Crippen LogP contribution in [0.5, 0.6) is 0 Å². The summed E-state index contributed by atoms with van der Waals surface area (Å²) in [5.74, 6) is 0. The molecule has 0 aliphatic heterocycles. The van der Waals surface area contributed by atoms with Crippen LogP contribution in [-0.2, 0) is 13.0 Å². The second kappa shape index (κ2) is 6.13. The van der Waals surface area contributed by atoms with Gasteiger partial charge in [-0.2, -0.15) is 0 Å². The third-order valence-electron chi connectivity index (χ3n) is 2.99. The van der Waals surface area contributed by atoms with Crippen molar-refractivity contribution in [1.29, 1.82) is 0 Å². The van der Waals surface area contributed by atoms with Crippen molar-refractivity contribution in [2.24, 2.45) is 5.73 Å². The van der Waals surface area contributed by atoms with E-state index in [2.05, 4.69) is 11.0 Å². The number of halogens is 1. The normalized spacial score (nSPS) is 12.4. The number of anilines is 1. The zero-order valence-electron chi connectivity index (χ0n) is 11.3. The zero-order chi connectivity index (χ0) is 13.8. The first-order valence-electron chi connectivity index (χ1n) is 6.33. The Labute approximate surface area is 119 Å². The van der Waals surface area contributed by atoms with E-state index in [0.29, 0.717) is 0 Å². The molecule has 4 heteroatoms. The van der Waals surface area contributed by atoms with Gasteiger partial charge >= 0.3 is 0 Å². The number of nitrogens with zero attached hydrogens (tertiary/aromatic N) is 1. The maximum atomic E-state index is 6.34. The minimum atomic E-state index is 0.111. The van der Waals surface area contributed by atoms with Crippen LogP contribution in [0, 0.1) is 0 Å². The zero-order valence-corrected chi connectivity index (χ0v) is 12.0. The standard InChI is InChI=1S/C15H19ClN2O/c1-11(17)8-13-4-3-5-14(16)15(13)18(2)9-12-6-7-19-10-12/h3-7,10-11H,8-9,17H2,1-2H3. The molecule has 0 bridgehead atoms. The molecular formula is C15H19ClN2O. The van der Waals surface area contributed by atoms with Crippen molar-refractivity contribution in [1.82, 2.24) is 0 Å². The predicted molar refractivity (Wildman–Crippen MR) is 79.6 cm³/mol. The van der Waals surface area contributed by atoms with Gasteiger partial charge in [-0.05, 0) is 31.0 Å². The molecule has 0 amide bonds. The Balaban J connectivity index is 2.26. The summed E-state index contributed by atoms with van der Waals surface area (Å²) in [7, 11) is 2.03. The second-order valence-corrected chi connectivity index (χ2v) is 5.32. The first-order valence-corrected chi connectivity index (χ1v) is 6.71. The van der Waals surface area contributed by atoms with Crippen LogP contribution in [0.25, 0.3) is 0 Å². The highest BCUT2D eigenvalue weighted by Gasteiger charge is 2.13. The molecule has 1 aromatic heterocycles. The molecule has 19 heavy (non-hydrogen) atoms. The number of rotatable bonds is 5. The molecule has 0 aliphatic rings. The molecule has 2 aromatic rings. The maximum Gasteiger partial charge on any atom is 0.0952 e. The summed E-state index contributed by atoms with van der Waals surface area (Å²) < 4.78 is 5.10. The Morgan fingerprint density at radius 3 is 2.79 bits per heavy atom. The molecule has 0 spiro atoms. The number of nitrogens with two attached hydrogens (primary N) is 1. The van der Waals surface area contributed by atoms with Gasteiger partial charge in [0.2, 0.25) is 0 Å². The molecule has 1 heterocycles. The van der Waals surface area contributed by atoms with Gasteiger partial charge < -0.3 is 15.1 Å². The number of para-hydroxylation sites is 1. The molecule has 0 radical (unpaired) electrons. The van der Waals surface area contributed by atoms with Gasteiger partial charge in [0.15, 0.2) is 0 Å². The first kappa shape index (κ1) is 14.0. The van der Waals surface area contributed by atoms with Crippen molar-refractivity contribution in [2.45, 2.75) is 25.9 Å². The fourth-order valence-electron chi connectivity index (χ4n) is 2.23. The van der Waals surface area contributed by atoms with Crippen LogP contribution in [0.4, 0.5) is 5.69 Å². The van der Waals surface area contributed by atoms with Crippen LogP contribution in [-0.4, -0.2) is 13.1 Å². The number of furan rings is 1. The average molecular weight is 279 g/mol. The molecule has 1 unspecified atom stereocenters. The molecule has 0 fully saturated rings. The van der Waals surface area contributed by atoms with Crippen molar-refractivity contribution < 1.29 is 4.42 Å². The second-order valence-electron chi connectivity index (χ2n) is 4.92. The first-order chi connectivity index (χ1) is 9.08. The lowest BCUT2D eigenvalue weighted by Gasteiger charge is -2.24. The molecule has 2 N–H and O–H groups in total. The van der Waals surface area contributed by atoms with E-state index in [0.717, 1.165) is 29.2 Å². The third kappa shape index (κ3) is 3.52. The van der Waals surface area contributed by atoms with E-state index in [1.54, 1.807) is 12.5 Å². The van der Waals surface area contributed by atoms with Crippen LogP contribution in [0.2, 0.25) is 5.02 Å². The molecule has 2 rings (SSSR count). The van der Waals surface area contributed by atoms with Crippen molar-refractivity contribution in [3.63, 3.8) is 0 Å². The lowest BCUT2D eigenvalue weighted by Crippen LogP contribution is -2.22. The van der Waals surface area contributed by atoms with Gasteiger partial charge in [-0.3, -0.25) is 0 Å². The van der Waals surface area contributed by atoms with E-state index >= 15 is 0 Å². The number of hydrogen-bond acceptors (Lipinski definition) is 3. The summed E-state index contributed by atoms with van der Waals surface area (Å²) in [5, 5.41) is 0.754. The van der Waals surface area contributed by atoms with Crippen LogP contribution < -0.4 is 10.6 Å². The molecule has 0 aliphatic carbocycles. The van der Waals surface area contributed by atoms with E-state index in [1.165, 1.54) is 5.56 Å². The van der Waals surface area contributed by atoms with Crippen LogP contribution >= 0.6 is 11.6 Å². The van der Waals surface area contributed by atoms with E-state index in [9.17, 15) is 0 Å². The van der Waals surface area contributed by atoms with Gasteiger partial charge in [0.1, 0.15) is 0 Å². The monoisotopic (exact) mass is 278 g/mol. The van der Waals surface area contributed by atoms with E-state index in [-0.39, 0.29) is 6.04 Å². The molecule has 1 aromatic carbocycles. The molecule has 1 atom stereocenters. The Morgan fingerprint density at radius 1 is 1.37 bits per heavy atom. The Bertz CT molecular complexity index is 523. The van der Waals surface area contributed by atoms with E-state index in [4.69, 9.17) is 21.8 Å². The lowest BCUT2D eigenvalue weighted by atomic mass is 10.0. The highest BCUT2D eigenvalue weighted by Crippen LogP contribution is 2.31. The van der Waals surface area contributed by atoms with Gasteiger partial charge in [0.05, 0.1) is 23.2 Å². The molecule has 3 nitrogen and oxygen atoms in total. The summed E-state index contributed by atoms with van der Waals surface area (Å²) in [5.41, 5.74) is 9.24. The lowest BCUT2D eigenvalue weighted by molar-refractivity contribution is 0.563. The molecule has 0 saturated carbocycles. The highest BCUT2D eigenvalue weighted by atomic mass is 35.5. The van der Waals surface area contributed by atoms with Gasteiger partial charge in [0, 0.05) is 25.2 Å². The van der Waals surface area contributed by atoms with Crippen molar-refractivity contribution in [2.75, 3.05) is 11.9 Å². The van der Waals surface area contributed by atoms with Crippen LogP contribution in [0.15, 0.2) is 41.2 Å². The van der Waals surface area contributed by atoms with Gasteiger partial charge in [-0.1, -0.05) is 23.7 Å². The Hall–Kier alpha value is -1.45. The Kier molecular flexibility index (Phi) is 4.51. The van der Waals surface area contributed by atoms with Crippen molar-refractivity contribution in [3.05, 3.63) is 52.9 Å². The average Bonchev–Trinajstić information content (AvgIpc) is 2.80. The smallest absolute Gasteiger partial charge is 0.0952 e. The molecular weight excluding hydrogens is 260 g/mol. The summed E-state index contributed by atoms with van der Waals surface area (Å²) >= 11 is 6.34. The largest absolute Gasteiger partial charge is 0.472 e. The Morgan fingerprint density at radius 2 is 2.16 bits per heavy atom. The summed E-state index contributed by atoms with van der Waals surface area (Å²) in [6.45, 7) is 2.76. The van der Waals surface area contributed by atoms with Gasteiger partial charge in [0.25, 0.3) is 0 Å². The van der Waals surface area contributed by atoms with E-state index in [1.807, 2.05) is 32.2 Å². The maximum absolute atomic E-state index is 6.34.